The highest BCUT2D eigenvalue weighted by Crippen LogP contribution is 2.33. The quantitative estimate of drug-likeness (QED) is 0.590. The molecule has 1 N–H and O–H groups in total. The van der Waals surface area contributed by atoms with Crippen molar-refractivity contribution >= 4 is 23.0 Å². The van der Waals surface area contributed by atoms with E-state index in [1.54, 1.807) is 25.6 Å². The van der Waals surface area contributed by atoms with Gasteiger partial charge < -0.3 is 9.47 Å². The van der Waals surface area contributed by atoms with Crippen LogP contribution in [0.4, 0.5) is 0 Å². The van der Waals surface area contributed by atoms with Crippen molar-refractivity contribution in [2.75, 3.05) is 14.2 Å². The summed E-state index contributed by atoms with van der Waals surface area (Å²) < 4.78 is 10.6. The van der Waals surface area contributed by atoms with Gasteiger partial charge in [0, 0.05) is 10.4 Å². The fourth-order valence-electron chi connectivity index (χ4n) is 3.38. The number of rotatable bonds is 6. The predicted molar refractivity (Wildman–Crippen MR) is 109 cm³/mol. The van der Waals surface area contributed by atoms with Crippen LogP contribution in [0.25, 0.3) is 0 Å². The van der Waals surface area contributed by atoms with E-state index in [4.69, 9.17) is 9.47 Å². The molecule has 1 aromatic heterocycles. The van der Waals surface area contributed by atoms with Gasteiger partial charge in [-0.1, -0.05) is 13.3 Å². The molecule has 6 heteroatoms. The monoisotopic (exact) mass is 386 g/mol. The molecule has 0 aliphatic heterocycles. The third-order valence-corrected chi connectivity index (χ3v) is 6.35. The molecule has 1 aliphatic carbocycles. The van der Waals surface area contributed by atoms with Crippen LogP contribution in [0, 0.1) is 5.92 Å². The number of benzene rings is 1. The summed E-state index contributed by atoms with van der Waals surface area (Å²) in [4.78, 5) is 14.6. The number of carbonyl (C=O) groups is 1. The molecule has 1 amide bonds. The number of nitrogens with one attached hydrogen (secondary N) is 1. The van der Waals surface area contributed by atoms with Crippen molar-refractivity contribution in [3.8, 4) is 11.5 Å². The smallest absolute Gasteiger partial charge is 0.281 e. The van der Waals surface area contributed by atoms with Crippen LogP contribution in [0.5, 0.6) is 11.5 Å². The summed E-state index contributed by atoms with van der Waals surface area (Å²) in [5.41, 5.74) is 5.59. The van der Waals surface area contributed by atoms with Crippen LogP contribution in [0.2, 0.25) is 0 Å². The molecule has 0 fully saturated rings. The van der Waals surface area contributed by atoms with Gasteiger partial charge in [-0.05, 0) is 61.9 Å². The lowest BCUT2D eigenvalue weighted by Gasteiger charge is -2.19. The maximum atomic E-state index is 12.5. The van der Waals surface area contributed by atoms with Crippen molar-refractivity contribution in [3.63, 3.8) is 0 Å². The number of thiophene rings is 1. The van der Waals surface area contributed by atoms with E-state index >= 15 is 0 Å². The Morgan fingerprint density at radius 1 is 1.26 bits per heavy atom. The van der Waals surface area contributed by atoms with Crippen molar-refractivity contribution in [2.45, 2.75) is 39.5 Å². The Morgan fingerprint density at radius 2 is 2.04 bits per heavy atom. The number of ether oxygens (including phenoxy) is 2. The van der Waals surface area contributed by atoms with Gasteiger partial charge in [0.25, 0.3) is 5.91 Å². The molecule has 5 nitrogen and oxygen atoms in total. The minimum absolute atomic E-state index is 0.151. The average Bonchev–Trinajstić information content (AvgIpc) is 3.14. The summed E-state index contributed by atoms with van der Waals surface area (Å²) in [5.74, 6) is 1.88. The van der Waals surface area contributed by atoms with Crippen LogP contribution in [0.3, 0.4) is 0 Å². The number of nitrogens with zero attached hydrogens (tertiary/aromatic N) is 1. The first-order valence-corrected chi connectivity index (χ1v) is 10.1. The summed E-state index contributed by atoms with van der Waals surface area (Å²) in [5, 5.41) is 4.27. The number of hydrazone groups is 1. The molecule has 1 aliphatic rings. The Morgan fingerprint density at radius 3 is 2.74 bits per heavy atom. The molecule has 3 rings (SSSR count). The van der Waals surface area contributed by atoms with Gasteiger partial charge in [0.05, 0.1) is 24.8 Å². The first kappa shape index (κ1) is 19.4. The first-order chi connectivity index (χ1) is 13.0. The van der Waals surface area contributed by atoms with Gasteiger partial charge in [0.1, 0.15) is 0 Å². The highest BCUT2D eigenvalue weighted by molar-refractivity contribution is 7.14. The molecule has 0 bridgehead atoms. The lowest BCUT2D eigenvalue weighted by atomic mass is 9.87. The van der Waals surface area contributed by atoms with Crippen LogP contribution in [0.15, 0.2) is 29.4 Å². The van der Waals surface area contributed by atoms with Gasteiger partial charge >= 0.3 is 0 Å². The van der Waals surface area contributed by atoms with E-state index in [-0.39, 0.29) is 5.91 Å². The van der Waals surface area contributed by atoms with Crippen LogP contribution in [0.1, 0.15) is 52.4 Å². The van der Waals surface area contributed by atoms with E-state index in [1.807, 2.05) is 31.2 Å². The Balaban J connectivity index is 1.70. The molecule has 0 spiro atoms. The van der Waals surface area contributed by atoms with Crippen LogP contribution < -0.4 is 14.9 Å². The second kappa shape index (κ2) is 8.57. The second-order valence-electron chi connectivity index (χ2n) is 6.78. The zero-order valence-electron chi connectivity index (χ0n) is 16.3. The molecule has 0 unspecified atom stereocenters. The fourth-order valence-corrected chi connectivity index (χ4v) is 4.47. The summed E-state index contributed by atoms with van der Waals surface area (Å²) >= 11 is 1.60. The van der Waals surface area contributed by atoms with Gasteiger partial charge in [-0.15, -0.1) is 11.3 Å². The topological polar surface area (TPSA) is 59.9 Å². The van der Waals surface area contributed by atoms with Crippen molar-refractivity contribution < 1.29 is 14.3 Å². The third kappa shape index (κ3) is 4.33. The molecule has 1 heterocycles. The molecule has 144 valence electrons. The molecule has 1 aromatic carbocycles. The summed E-state index contributed by atoms with van der Waals surface area (Å²) in [6, 6.07) is 7.60. The zero-order chi connectivity index (χ0) is 19.4. The summed E-state index contributed by atoms with van der Waals surface area (Å²) in [6.45, 7) is 4.09. The van der Waals surface area contributed by atoms with E-state index < -0.39 is 0 Å². The minimum Gasteiger partial charge on any atom is -0.493 e. The Hall–Kier alpha value is -2.34. The van der Waals surface area contributed by atoms with Crippen LogP contribution in [-0.4, -0.2) is 25.8 Å². The molecular weight excluding hydrogens is 360 g/mol. The molecule has 1 atom stereocenters. The van der Waals surface area contributed by atoms with Crippen LogP contribution in [-0.2, 0) is 12.8 Å². The van der Waals surface area contributed by atoms with Crippen molar-refractivity contribution in [1.82, 2.24) is 5.43 Å². The van der Waals surface area contributed by atoms with E-state index in [2.05, 4.69) is 17.5 Å². The Kier molecular flexibility index (Phi) is 6.16. The molecule has 27 heavy (non-hydrogen) atoms. The summed E-state index contributed by atoms with van der Waals surface area (Å²) in [6.07, 6.45) is 4.59. The maximum Gasteiger partial charge on any atom is 0.281 e. The first-order valence-electron chi connectivity index (χ1n) is 9.24. The standard InChI is InChI=1S/C21H26N2O3S/c1-5-14-6-9-19-16(10-14)12-20(27-19)21(24)23-22-13(2)15-7-8-17(25-3)18(11-15)26-4/h7-8,11-12,14H,5-6,9-10H2,1-4H3,(H,23,24)/b22-13-/t14-/m0/s1. The van der Waals surface area contributed by atoms with E-state index in [0.29, 0.717) is 17.2 Å². The van der Waals surface area contributed by atoms with Crippen LogP contribution >= 0.6 is 11.3 Å². The molecule has 0 radical (unpaired) electrons. The van der Waals surface area contributed by atoms with Gasteiger partial charge in [0.15, 0.2) is 11.5 Å². The number of hydrogen-bond donors (Lipinski definition) is 1. The van der Waals surface area contributed by atoms with Gasteiger partial charge in [-0.25, -0.2) is 5.43 Å². The number of carbonyl (C=O) groups excluding carboxylic acids is 1. The molecule has 0 saturated heterocycles. The number of fused-ring (bicyclic) bond motifs is 1. The number of amides is 1. The average molecular weight is 387 g/mol. The Labute approximate surface area is 164 Å². The van der Waals surface area contributed by atoms with Crippen molar-refractivity contribution in [2.24, 2.45) is 11.0 Å². The summed E-state index contributed by atoms with van der Waals surface area (Å²) in [7, 11) is 3.19. The fraction of sp³-hybridized carbons (Fsp3) is 0.429. The molecule has 2 aromatic rings. The van der Waals surface area contributed by atoms with Gasteiger partial charge in [-0.2, -0.15) is 5.10 Å². The predicted octanol–water partition coefficient (Wildman–Crippen LogP) is 4.43. The highest BCUT2D eigenvalue weighted by Gasteiger charge is 2.22. The van der Waals surface area contributed by atoms with E-state index in [0.717, 1.165) is 29.2 Å². The highest BCUT2D eigenvalue weighted by atomic mass is 32.1. The van der Waals surface area contributed by atoms with E-state index in [9.17, 15) is 4.79 Å². The maximum absolute atomic E-state index is 12.5. The SMILES string of the molecule is CC[C@H]1CCc2sc(C(=O)N/N=C(/C)c3ccc(OC)c(OC)c3)cc2C1. The third-order valence-electron chi connectivity index (χ3n) is 5.11. The number of aryl methyl sites for hydroxylation is 1. The van der Waals surface area contributed by atoms with Crippen molar-refractivity contribution in [1.29, 1.82) is 0 Å². The van der Waals surface area contributed by atoms with Crippen molar-refractivity contribution in [3.05, 3.63) is 45.1 Å². The lowest BCUT2D eigenvalue weighted by molar-refractivity contribution is 0.0959. The second-order valence-corrected chi connectivity index (χ2v) is 7.92. The Bertz CT molecular complexity index is 857. The van der Waals surface area contributed by atoms with Gasteiger partial charge in [-0.3, -0.25) is 4.79 Å². The van der Waals surface area contributed by atoms with E-state index in [1.165, 1.54) is 23.3 Å². The lowest BCUT2D eigenvalue weighted by Crippen LogP contribution is -2.18. The normalized spacial score (nSPS) is 16.6. The number of methoxy groups -OCH3 is 2. The minimum atomic E-state index is -0.151. The molecular formula is C21H26N2O3S. The zero-order valence-corrected chi connectivity index (χ0v) is 17.1. The molecule has 0 saturated carbocycles. The number of hydrogen-bond acceptors (Lipinski definition) is 5. The van der Waals surface area contributed by atoms with Gasteiger partial charge in [0.2, 0.25) is 0 Å². The largest absolute Gasteiger partial charge is 0.493 e.